The van der Waals surface area contributed by atoms with Crippen molar-refractivity contribution in [3.63, 3.8) is 0 Å². The molecule has 1 spiro atoms. The Labute approximate surface area is 221 Å². The van der Waals surface area contributed by atoms with Gasteiger partial charge in [0.2, 0.25) is 5.90 Å². The lowest BCUT2D eigenvalue weighted by molar-refractivity contribution is -0.140. The molecule has 7 heteroatoms. The molecule has 6 rings (SSSR count). The number of fused-ring (bicyclic) bond motifs is 4. The van der Waals surface area contributed by atoms with Gasteiger partial charge in [0.1, 0.15) is 17.8 Å². The summed E-state index contributed by atoms with van der Waals surface area (Å²) in [5, 5.41) is 6.59. The molecule has 0 saturated carbocycles. The van der Waals surface area contributed by atoms with Crippen LogP contribution in [0.3, 0.4) is 0 Å². The fourth-order valence-corrected chi connectivity index (χ4v) is 5.89. The first-order valence-electron chi connectivity index (χ1n) is 12.7. The summed E-state index contributed by atoms with van der Waals surface area (Å²) in [4.78, 5) is 33.5. The van der Waals surface area contributed by atoms with E-state index in [1.54, 1.807) is 18.3 Å². The molecule has 3 aromatic rings. The molecule has 0 aliphatic carbocycles. The Morgan fingerprint density at radius 2 is 1.66 bits per heavy atom. The molecule has 0 unspecified atom stereocenters. The fourth-order valence-electron chi connectivity index (χ4n) is 5.89. The molecule has 0 N–H and O–H groups in total. The van der Waals surface area contributed by atoms with Crippen molar-refractivity contribution in [2.45, 2.75) is 44.3 Å². The second-order valence-corrected chi connectivity index (χ2v) is 11.0. The summed E-state index contributed by atoms with van der Waals surface area (Å²) < 4.78 is 11.4. The van der Waals surface area contributed by atoms with Crippen molar-refractivity contribution in [1.82, 2.24) is 5.01 Å². The Morgan fingerprint density at radius 1 is 0.974 bits per heavy atom. The molecule has 1 saturated heterocycles. The SMILES string of the molecule is COc1ccc([C@@H]2[C@H](C(=O)C(C)(C)C)N3N=Cc4ccccc4[C@H]3[C@@]23N=C(c2ccccc2)OC3=O)cc1. The third-order valence-corrected chi connectivity index (χ3v) is 7.68. The van der Waals surface area contributed by atoms with Crippen molar-refractivity contribution < 1.29 is 19.1 Å². The number of Topliss-reactive ketones (excluding diaryl/α,β-unsaturated/α-hetero) is 1. The minimum Gasteiger partial charge on any atom is -0.497 e. The van der Waals surface area contributed by atoms with Crippen molar-refractivity contribution in [2.75, 3.05) is 7.11 Å². The highest BCUT2D eigenvalue weighted by Crippen LogP contribution is 2.59. The maximum atomic E-state index is 14.2. The second kappa shape index (κ2) is 8.65. The Kier molecular flexibility index (Phi) is 5.49. The summed E-state index contributed by atoms with van der Waals surface area (Å²) in [6.45, 7) is 5.69. The van der Waals surface area contributed by atoms with E-state index >= 15 is 0 Å². The van der Waals surface area contributed by atoms with Crippen LogP contribution in [0.4, 0.5) is 0 Å². The Hall–Kier alpha value is -4.26. The zero-order valence-electron chi connectivity index (χ0n) is 21.8. The van der Waals surface area contributed by atoms with Crippen LogP contribution in [0.1, 0.15) is 55.0 Å². The molecule has 38 heavy (non-hydrogen) atoms. The predicted molar refractivity (Wildman–Crippen MR) is 144 cm³/mol. The van der Waals surface area contributed by atoms with Crippen LogP contribution in [0.25, 0.3) is 0 Å². The fraction of sp³-hybridized carbons (Fsp3) is 0.290. The Morgan fingerprint density at radius 3 is 2.34 bits per heavy atom. The van der Waals surface area contributed by atoms with E-state index in [4.69, 9.17) is 19.6 Å². The molecule has 4 atom stereocenters. The van der Waals surface area contributed by atoms with E-state index in [0.29, 0.717) is 11.3 Å². The van der Waals surface area contributed by atoms with Gasteiger partial charge in [-0.05, 0) is 41.0 Å². The van der Waals surface area contributed by atoms with Crippen LogP contribution >= 0.6 is 0 Å². The molecule has 7 nitrogen and oxygen atoms in total. The first kappa shape index (κ1) is 24.1. The highest BCUT2D eigenvalue weighted by molar-refractivity contribution is 6.10. The Bertz CT molecular complexity index is 1470. The standard InChI is InChI=1S/C31H29N3O4/c1-30(2,3)27(35)25-24(19-14-16-22(37-4)17-15-19)31(26-23-13-9-8-12-21(23)18-32-34(25)26)29(36)38-28(33-31)20-10-6-5-7-11-20/h5-18,24-26H,1-4H3/t24-,25-,26+,31+/m1/s1. The number of nitrogens with zero attached hydrogens (tertiary/aromatic N) is 3. The van der Waals surface area contributed by atoms with Gasteiger partial charge in [-0.1, -0.05) is 75.4 Å². The van der Waals surface area contributed by atoms with Crippen LogP contribution in [0, 0.1) is 5.41 Å². The molecule has 0 aromatic heterocycles. The third-order valence-electron chi connectivity index (χ3n) is 7.68. The van der Waals surface area contributed by atoms with Crippen LogP contribution in [-0.4, -0.2) is 47.6 Å². The first-order valence-corrected chi connectivity index (χ1v) is 12.7. The summed E-state index contributed by atoms with van der Waals surface area (Å²) in [7, 11) is 1.61. The number of cyclic esters (lactones) is 1. The van der Waals surface area contributed by atoms with Gasteiger partial charge < -0.3 is 9.47 Å². The smallest absolute Gasteiger partial charge is 0.344 e. The lowest BCUT2D eigenvalue weighted by Crippen LogP contribution is -2.45. The molecular formula is C31H29N3O4. The van der Waals surface area contributed by atoms with E-state index in [9.17, 15) is 9.59 Å². The average molecular weight is 508 g/mol. The highest BCUT2D eigenvalue weighted by Gasteiger charge is 2.71. The molecule has 1 fully saturated rings. The van der Waals surface area contributed by atoms with Gasteiger partial charge in [-0.3, -0.25) is 9.80 Å². The van der Waals surface area contributed by atoms with Gasteiger partial charge in [-0.2, -0.15) is 5.10 Å². The molecule has 0 amide bonds. The second-order valence-electron chi connectivity index (χ2n) is 11.0. The van der Waals surface area contributed by atoms with E-state index in [2.05, 4.69) is 0 Å². The van der Waals surface area contributed by atoms with Crippen LogP contribution in [0.15, 0.2) is 89.0 Å². The number of hydrazone groups is 1. The molecule has 0 bridgehead atoms. The number of benzene rings is 3. The number of hydrogen-bond donors (Lipinski definition) is 0. The van der Waals surface area contributed by atoms with Gasteiger partial charge >= 0.3 is 5.97 Å². The third kappa shape index (κ3) is 3.49. The summed E-state index contributed by atoms with van der Waals surface area (Å²) in [5.41, 5.74) is 1.16. The molecule has 3 aliphatic heterocycles. The number of ketones is 1. The molecular weight excluding hydrogens is 478 g/mol. The predicted octanol–water partition coefficient (Wildman–Crippen LogP) is 4.91. The molecule has 3 aromatic carbocycles. The number of ether oxygens (including phenoxy) is 2. The van der Waals surface area contributed by atoms with Crippen LogP contribution in [0.2, 0.25) is 0 Å². The average Bonchev–Trinajstić information content (AvgIpc) is 3.43. The zero-order chi connectivity index (χ0) is 26.7. The van der Waals surface area contributed by atoms with Gasteiger partial charge in [-0.25, -0.2) is 9.79 Å². The number of esters is 1. The molecule has 3 heterocycles. The lowest BCUT2D eigenvalue weighted by Gasteiger charge is -2.35. The van der Waals surface area contributed by atoms with E-state index in [1.165, 1.54) is 0 Å². The molecule has 0 radical (unpaired) electrons. The maximum Gasteiger partial charge on any atom is 0.344 e. The first-order chi connectivity index (χ1) is 18.3. The maximum absolute atomic E-state index is 14.2. The van der Waals surface area contributed by atoms with Gasteiger partial charge in [0.15, 0.2) is 11.3 Å². The summed E-state index contributed by atoms with van der Waals surface area (Å²) in [5.74, 6) is -0.216. The zero-order valence-corrected chi connectivity index (χ0v) is 21.8. The van der Waals surface area contributed by atoms with Crippen LogP contribution in [-0.2, 0) is 14.3 Å². The number of aliphatic imine (C=N–C) groups is 1. The van der Waals surface area contributed by atoms with Crippen molar-refractivity contribution >= 4 is 23.9 Å². The van der Waals surface area contributed by atoms with Crippen molar-refractivity contribution in [1.29, 1.82) is 0 Å². The van der Waals surface area contributed by atoms with Crippen molar-refractivity contribution in [3.05, 3.63) is 101 Å². The van der Waals surface area contributed by atoms with Gasteiger partial charge in [-0.15, -0.1) is 0 Å². The van der Waals surface area contributed by atoms with Gasteiger partial charge in [0.05, 0.1) is 19.2 Å². The quantitative estimate of drug-likeness (QED) is 0.469. The van der Waals surface area contributed by atoms with E-state index in [1.807, 2.05) is 99.6 Å². The van der Waals surface area contributed by atoms with E-state index < -0.39 is 34.9 Å². The normalized spacial score (nSPS) is 25.6. The van der Waals surface area contributed by atoms with Crippen LogP contribution in [0.5, 0.6) is 5.75 Å². The van der Waals surface area contributed by atoms with Gasteiger partial charge in [0.25, 0.3) is 0 Å². The van der Waals surface area contributed by atoms with Crippen LogP contribution < -0.4 is 4.74 Å². The lowest BCUT2D eigenvalue weighted by atomic mass is 9.70. The summed E-state index contributed by atoms with van der Waals surface area (Å²) >= 11 is 0. The Balaban J connectivity index is 1.65. The monoisotopic (exact) mass is 507 g/mol. The molecule has 3 aliphatic rings. The van der Waals surface area contributed by atoms with Gasteiger partial charge in [0, 0.05) is 11.0 Å². The number of hydrogen-bond acceptors (Lipinski definition) is 7. The van der Waals surface area contributed by atoms with Crippen molar-refractivity contribution in [3.8, 4) is 5.75 Å². The summed E-state index contributed by atoms with van der Waals surface area (Å²) in [6.07, 6.45) is 1.76. The largest absolute Gasteiger partial charge is 0.497 e. The highest BCUT2D eigenvalue weighted by atomic mass is 16.6. The number of rotatable bonds is 4. The number of carbonyl (C=O) groups excluding carboxylic acids is 2. The minimum absolute atomic E-state index is 0.0205. The molecule has 192 valence electrons. The van der Waals surface area contributed by atoms with E-state index in [0.717, 1.165) is 16.7 Å². The van der Waals surface area contributed by atoms with Crippen molar-refractivity contribution in [2.24, 2.45) is 15.5 Å². The topological polar surface area (TPSA) is 80.6 Å². The number of carbonyl (C=O) groups is 2. The minimum atomic E-state index is -1.43. The number of methoxy groups -OCH3 is 1. The summed E-state index contributed by atoms with van der Waals surface area (Å²) in [6, 6.07) is 23.4. The van der Waals surface area contributed by atoms with E-state index in [-0.39, 0.29) is 11.7 Å².